The van der Waals surface area contributed by atoms with Crippen LogP contribution in [0.25, 0.3) is 10.2 Å². The highest BCUT2D eigenvalue weighted by atomic mass is 32.2. The molecule has 0 spiro atoms. The molecule has 4 rings (SSSR count). The van der Waals surface area contributed by atoms with Gasteiger partial charge in [0.05, 0.1) is 11.7 Å². The van der Waals surface area contributed by atoms with Crippen molar-refractivity contribution in [3.63, 3.8) is 0 Å². The lowest BCUT2D eigenvalue weighted by Crippen LogP contribution is -2.40. The molecule has 9 nitrogen and oxygen atoms in total. The Morgan fingerprint density at radius 3 is 2.47 bits per heavy atom. The Kier molecular flexibility index (Phi) is 8.53. The topological polar surface area (TPSA) is 105 Å². The van der Waals surface area contributed by atoms with Crippen molar-refractivity contribution in [1.29, 1.82) is 0 Å². The van der Waals surface area contributed by atoms with E-state index in [9.17, 15) is 18.0 Å². The van der Waals surface area contributed by atoms with E-state index in [2.05, 4.69) is 36.0 Å². The number of amides is 1. The van der Waals surface area contributed by atoms with E-state index < -0.39 is 15.6 Å². The summed E-state index contributed by atoms with van der Waals surface area (Å²) in [5.74, 6) is 1.61. The summed E-state index contributed by atoms with van der Waals surface area (Å²) >= 11 is 1.21. The number of carbonyl (C=O) groups excluding carboxylic acids is 1. The van der Waals surface area contributed by atoms with Gasteiger partial charge in [-0.05, 0) is 56.9 Å². The van der Waals surface area contributed by atoms with Gasteiger partial charge in [-0.3, -0.25) is 14.2 Å². The summed E-state index contributed by atoms with van der Waals surface area (Å²) < 4.78 is 29.7. The molecule has 2 saturated heterocycles. The van der Waals surface area contributed by atoms with Crippen molar-refractivity contribution in [3.05, 3.63) is 21.6 Å². The number of hydrogen-bond donors (Lipinski definition) is 1. The lowest BCUT2D eigenvalue weighted by Gasteiger charge is -2.34. The number of rotatable bonds is 8. The second-order valence-corrected chi connectivity index (χ2v) is 13.9. The summed E-state index contributed by atoms with van der Waals surface area (Å²) in [5, 5.41) is 2.99. The number of sulfonamides is 1. The molecule has 2 aliphatic rings. The van der Waals surface area contributed by atoms with Gasteiger partial charge in [0.2, 0.25) is 15.9 Å². The maximum Gasteiger partial charge on any atom is 0.263 e. The third-order valence-corrected chi connectivity index (χ3v) is 10.6. The molecule has 0 unspecified atom stereocenters. The van der Waals surface area contributed by atoms with E-state index in [1.807, 2.05) is 0 Å². The molecule has 36 heavy (non-hydrogen) atoms. The first-order valence-corrected chi connectivity index (χ1v) is 15.3. The van der Waals surface area contributed by atoms with Crippen molar-refractivity contribution in [3.8, 4) is 0 Å². The number of nitrogens with one attached hydrogen (secondary N) is 1. The van der Waals surface area contributed by atoms with Crippen molar-refractivity contribution in [2.45, 2.75) is 64.8 Å². The molecule has 0 saturated carbocycles. The fourth-order valence-electron chi connectivity index (χ4n) is 5.61. The first kappa shape index (κ1) is 27.2. The Labute approximate surface area is 217 Å². The van der Waals surface area contributed by atoms with Crippen LogP contribution >= 0.6 is 11.3 Å². The van der Waals surface area contributed by atoms with Crippen LogP contribution in [0.3, 0.4) is 0 Å². The van der Waals surface area contributed by atoms with Crippen LogP contribution in [0, 0.1) is 24.7 Å². The largest absolute Gasteiger partial charge is 0.354 e. The van der Waals surface area contributed by atoms with E-state index in [4.69, 9.17) is 0 Å². The Bertz CT molecular complexity index is 1240. The summed E-state index contributed by atoms with van der Waals surface area (Å²) in [4.78, 5) is 33.7. The molecule has 2 fully saturated rings. The summed E-state index contributed by atoms with van der Waals surface area (Å²) in [6, 6.07) is 0. The predicted octanol–water partition coefficient (Wildman–Crippen LogP) is 2.67. The molecule has 4 heterocycles. The maximum atomic E-state index is 13.5. The van der Waals surface area contributed by atoms with Crippen molar-refractivity contribution in [2.24, 2.45) is 17.8 Å². The van der Waals surface area contributed by atoms with Crippen LogP contribution in [0.15, 0.2) is 16.0 Å². The number of aryl methyl sites for hydroxylation is 1. The number of piperidine rings is 2. The van der Waals surface area contributed by atoms with Crippen LogP contribution in [-0.2, 0) is 21.4 Å². The van der Waals surface area contributed by atoms with Gasteiger partial charge in [0.25, 0.3) is 5.56 Å². The first-order chi connectivity index (χ1) is 17.1. The van der Waals surface area contributed by atoms with E-state index in [0.717, 1.165) is 38.9 Å². The van der Waals surface area contributed by atoms with Crippen LogP contribution < -0.4 is 10.9 Å². The molecule has 0 aromatic carbocycles. The molecule has 0 aliphatic carbocycles. The van der Waals surface area contributed by atoms with E-state index >= 15 is 0 Å². The third-order valence-electron chi connectivity index (χ3n) is 7.37. The SMILES string of the molecule is Cc1sc2ncn(CC(=O)NCCCN3C[C@H](C)C[C@H](C)C3)c(=O)c2c1S(=O)(=O)N1CCC(C)CC1. The second kappa shape index (κ2) is 11.3. The second-order valence-electron chi connectivity index (χ2n) is 10.8. The van der Waals surface area contributed by atoms with Crippen LogP contribution in [0.5, 0.6) is 0 Å². The Morgan fingerprint density at radius 1 is 1.14 bits per heavy atom. The highest BCUT2D eigenvalue weighted by Crippen LogP contribution is 2.34. The number of carbonyl (C=O) groups is 1. The molecule has 0 bridgehead atoms. The summed E-state index contributed by atoms with van der Waals surface area (Å²) in [5.41, 5.74) is -0.486. The van der Waals surface area contributed by atoms with Crippen LogP contribution in [0.2, 0.25) is 0 Å². The molecule has 1 N–H and O–H groups in total. The van der Waals surface area contributed by atoms with Gasteiger partial charge in [-0.1, -0.05) is 20.8 Å². The summed E-state index contributed by atoms with van der Waals surface area (Å²) in [6.07, 6.45) is 5.06. The minimum absolute atomic E-state index is 0.0503. The highest BCUT2D eigenvalue weighted by molar-refractivity contribution is 7.89. The van der Waals surface area contributed by atoms with E-state index in [1.165, 1.54) is 33.0 Å². The van der Waals surface area contributed by atoms with Crippen molar-refractivity contribution in [2.75, 3.05) is 39.3 Å². The smallest absolute Gasteiger partial charge is 0.263 e. The van der Waals surface area contributed by atoms with E-state index in [1.54, 1.807) is 6.92 Å². The third kappa shape index (κ3) is 6.00. The minimum atomic E-state index is -3.82. The first-order valence-electron chi connectivity index (χ1n) is 13.0. The Hall–Kier alpha value is -1.82. The number of nitrogens with zero attached hydrogens (tertiary/aromatic N) is 4. The molecule has 2 aromatic heterocycles. The average molecular weight is 538 g/mol. The highest BCUT2D eigenvalue weighted by Gasteiger charge is 2.33. The number of fused-ring (bicyclic) bond motifs is 1. The van der Waals surface area contributed by atoms with Gasteiger partial charge in [0.1, 0.15) is 16.3 Å². The van der Waals surface area contributed by atoms with Crippen LogP contribution in [-0.4, -0.2) is 72.3 Å². The minimum Gasteiger partial charge on any atom is -0.354 e. The van der Waals surface area contributed by atoms with E-state index in [0.29, 0.717) is 47.1 Å². The summed E-state index contributed by atoms with van der Waals surface area (Å²) in [6.45, 7) is 12.8. The number of aromatic nitrogens is 2. The van der Waals surface area contributed by atoms with Crippen molar-refractivity contribution < 1.29 is 13.2 Å². The number of thiophene rings is 1. The zero-order valence-electron chi connectivity index (χ0n) is 21.8. The van der Waals surface area contributed by atoms with Gasteiger partial charge in [0, 0.05) is 37.6 Å². The Balaban J connectivity index is 1.43. The van der Waals surface area contributed by atoms with E-state index in [-0.39, 0.29) is 22.7 Å². The molecule has 2 aliphatic heterocycles. The number of hydrogen-bond acceptors (Lipinski definition) is 7. The molecule has 1 amide bonds. The normalized spacial score (nSPS) is 22.8. The zero-order valence-corrected chi connectivity index (χ0v) is 23.5. The van der Waals surface area contributed by atoms with Crippen molar-refractivity contribution in [1.82, 2.24) is 24.1 Å². The van der Waals surface area contributed by atoms with Gasteiger partial charge < -0.3 is 10.2 Å². The maximum absolute atomic E-state index is 13.5. The molecular weight excluding hydrogens is 498 g/mol. The molecule has 200 valence electrons. The standard InChI is InChI=1S/C25H39N5O4S2/c1-17-6-10-30(11-7-17)36(33,34)23-20(4)35-24-22(23)25(32)29(16-27-24)15-21(31)26-8-5-9-28-13-18(2)12-19(3)14-28/h16-19H,5-15H2,1-4H3,(H,26,31)/t18-,19+. The molecule has 2 aromatic rings. The molecule has 2 atom stereocenters. The molecule has 0 radical (unpaired) electrons. The lowest BCUT2D eigenvalue weighted by molar-refractivity contribution is -0.121. The van der Waals surface area contributed by atoms with Gasteiger partial charge in [-0.25, -0.2) is 13.4 Å². The van der Waals surface area contributed by atoms with Crippen molar-refractivity contribution >= 4 is 37.5 Å². The van der Waals surface area contributed by atoms with Gasteiger partial charge >= 0.3 is 0 Å². The zero-order chi connectivity index (χ0) is 26.0. The average Bonchev–Trinajstić information content (AvgIpc) is 3.16. The summed E-state index contributed by atoms with van der Waals surface area (Å²) in [7, 11) is -3.82. The van der Waals surface area contributed by atoms with Gasteiger partial charge in [-0.15, -0.1) is 11.3 Å². The van der Waals surface area contributed by atoms with Gasteiger partial charge in [-0.2, -0.15) is 4.31 Å². The fraction of sp³-hybridized carbons (Fsp3) is 0.720. The van der Waals surface area contributed by atoms with Crippen LogP contribution in [0.4, 0.5) is 0 Å². The van der Waals surface area contributed by atoms with Gasteiger partial charge in [0.15, 0.2) is 0 Å². The monoisotopic (exact) mass is 537 g/mol. The van der Waals surface area contributed by atoms with Crippen LogP contribution in [0.1, 0.15) is 51.3 Å². The predicted molar refractivity (Wildman–Crippen MR) is 143 cm³/mol. The fourth-order valence-corrected chi connectivity index (χ4v) is 8.74. The number of likely N-dealkylation sites (tertiary alicyclic amines) is 1. The lowest BCUT2D eigenvalue weighted by atomic mass is 9.92. The Morgan fingerprint density at radius 2 is 1.81 bits per heavy atom. The molecule has 11 heteroatoms. The molecular formula is C25H39N5O4S2. The quantitative estimate of drug-likeness (QED) is 0.519.